The predicted molar refractivity (Wildman–Crippen MR) is 97.2 cm³/mol. The van der Waals surface area contributed by atoms with E-state index >= 15 is 0 Å². The van der Waals surface area contributed by atoms with Gasteiger partial charge < -0.3 is 0 Å². The first-order valence-electron chi connectivity index (χ1n) is 7.99. The zero-order chi connectivity index (χ0) is 18.6. The van der Waals surface area contributed by atoms with Gasteiger partial charge in [0.05, 0.1) is 15.8 Å². The Morgan fingerprint density at radius 3 is 2.46 bits per heavy atom. The smallest absolute Gasteiger partial charge is 0.267 e. The number of fused-ring (bicyclic) bond motifs is 3. The van der Waals surface area contributed by atoms with Crippen molar-refractivity contribution >= 4 is 26.4 Å². The van der Waals surface area contributed by atoms with Crippen LogP contribution in [0.25, 0.3) is 16.6 Å². The molecule has 4 aromatic rings. The molecule has 1 N–H and O–H groups in total. The van der Waals surface area contributed by atoms with Crippen LogP contribution < -0.4 is 5.56 Å². The molecule has 8 heteroatoms. The van der Waals surface area contributed by atoms with E-state index in [0.29, 0.717) is 16.5 Å². The van der Waals surface area contributed by atoms with Crippen LogP contribution in [0.5, 0.6) is 0 Å². The van der Waals surface area contributed by atoms with E-state index in [1.165, 1.54) is 4.52 Å². The van der Waals surface area contributed by atoms with Gasteiger partial charge >= 0.3 is 0 Å². The highest BCUT2D eigenvalue weighted by Crippen LogP contribution is 2.27. The standard InChI is InChI=1S/C18H16N4O3S/c1-10-8-12(3)15(9-11(10)2)26(24,25)18-16-19-17(23)13-6-4-5-7-14(13)22(16)21-20-18/h4-9,21H,1-3H3. The van der Waals surface area contributed by atoms with Gasteiger partial charge in [-0.2, -0.15) is 4.98 Å². The Labute approximate surface area is 149 Å². The van der Waals surface area contributed by atoms with Crippen molar-refractivity contribution in [3.05, 3.63) is 63.4 Å². The molecule has 0 bridgehead atoms. The molecule has 0 aliphatic heterocycles. The van der Waals surface area contributed by atoms with Crippen molar-refractivity contribution in [2.75, 3.05) is 0 Å². The number of nitrogens with one attached hydrogen (secondary N) is 1. The maximum absolute atomic E-state index is 13.2. The Morgan fingerprint density at radius 2 is 1.69 bits per heavy atom. The number of para-hydroxylation sites is 1. The van der Waals surface area contributed by atoms with Crippen molar-refractivity contribution < 1.29 is 8.42 Å². The summed E-state index contributed by atoms with van der Waals surface area (Å²) in [7, 11) is -3.94. The lowest BCUT2D eigenvalue weighted by Crippen LogP contribution is -2.12. The second-order valence-corrected chi connectivity index (χ2v) is 8.15. The Balaban J connectivity index is 2.06. The molecule has 132 valence electrons. The van der Waals surface area contributed by atoms with Crippen LogP contribution in [0.15, 0.2) is 51.1 Å². The zero-order valence-electron chi connectivity index (χ0n) is 14.4. The van der Waals surface area contributed by atoms with E-state index in [0.717, 1.165) is 11.1 Å². The molecule has 2 aromatic carbocycles. The second kappa shape index (κ2) is 5.50. The molecule has 0 saturated heterocycles. The van der Waals surface area contributed by atoms with Crippen molar-refractivity contribution in [2.24, 2.45) is 0 Å². The summed E-state index contributed by atoms with van der Waals surface area (Å²) in [5.74, 6) is 0. The summed E-state index contributed by atoms with van der Waals surface area (Å²) in [6.45, 7) is 5.52. The highest BCUT2D eigenvalue weighted by molar-refractivity contribution is 7.91. The molecule has 0 aliphatic carbocycles. The first-order valence-corrected chi connectivity index (χ1v) is 9.48. The normalized spacial score (nSPS) is 12.1. The van der Waals surface area contributed by atoms with E-state index in [1.807, 2.05) is 19.9 Å². The maximum Gasteiger partial charge on any atom is 0.281 e. The first-order chi connectivity index (χ1) is 12.3. The van der Waals surface area contributed by atoms with Crippen LogP contribution >= 0.6 is 0 Å². The van der Waals surface area contributed by atoms with Crippen LogP contribution in [-0.4, -0.2) is 28.2 Å². The number of nitrogens with zero attached hydrogens (tertiary/aromatic N) is 3. The summed E-state index contributed by atoms with van der Waals surface area (Å²) >= 11 is 0. The number of benzene rings is 2. The monoisotopic (exact) mass is 368 g/mol. The molecule has 7 nitrogen and oxygen atoms in total. The van der Waals surface area contributed by atoms with Crippen LogP contribution in [0.4, 0.5) is 0 Å². The van der Waals surface area contributed by atoms with Gasteiger partial charge in [0.1, 0.15) is 0 Å². The Morgan fingerprint density at radius 1 is 1.00 bits per heavy atom. The summed E-state index contributed by atoms with van der Waals surface area (Å²) in [4.78, 5) is 16.4. The van der Waals surface area contributed by atoms with E-state index < -0.39 is 15.4 Å². The Hall–Kier alpha value is -3.00. The van der Waals surface area contributed by atoms with Crippen molar-refractivity contribution in [1.82, 2.24) is 19.8 Å². The summed E-state index contributed by atoms with van der Waals surface area (Å²) in [5, 5.41) is 6.77. The third-order valence-corrected chi connectivity index (χ3v) is 6.37. The van der Waals surface area contributed by atoms with Gasteiger partial charge in [-0.15, -0.1) is 5.10 Å². The number of hydrogen-bond donors (Lipinski definition) is 1. The van der Waals surface area contributed by atoms with E-state index in [1.54, 1.807) is 37.3 Å². The fourth-order valence-electron chi connectivity index (χ4n) is 3.07. The van der Waals surface area contributed by atoms with Crippen molar-refractivity contribution in [3.63, 3.8) is 0 Å². The average Bonchev–Trinajstić information content (AvgIpc) is 3.03. The number of aryl methyl sites for hydroxylation is 3. The number of H-pyrrole nitrogens is 1. The Bertz CT molecular complexity index is 1350. The van der Waals surface area contributed by atoms with Gasteiger partial charge in [0.15, 0.2) is 5.65 Å². The third kappa shape index (κ3) is 2.26. The van der Waals surface area contributed by atoms with Gasteiger partial charge in [-0.05, 0) is 55.7 Å². The first kappa shape index (κ1) is 16.5. The molecule has 0 aliphatic rings. The highest BCUT2D eigenvalue weighted by atomic mass is 32.2. The summed E-state index contributed by atoms with van der Waals surface area (Å²) in [5.41, 5.74) is 2.52. The molecule has 0 fully saturated rings. The van der Waals surface area contributed by atoms with Gasteiger partial charge in [0, 0.05) is 0 Å². The van der Waals surface area contributed by atoms with Gasteiger partial charge in [0.2, 0.25) is 14.9 Å². The van der Waals surface area contributed by atoms with E-state index in [9.17, 15) is 13.2 Å². The van der Waals surface area contributed by atoms with Gasteiger partial charge in [-0.3, -0.25) is 4.79 Å². The number of rotatable bonds is 2. The molecular formula is C18H16N4O3S. The van der Waals surface area contributed by atoms with Crippen LogP contribution in [0.3, 0.4) is 0 Å². The third-order valence-electron chi connectivity index (χ3n) is 4.57. The SMILES string of the molecule is Cc1cc(C)c(S(=O)(=O)c2n[nH]n3c2nc(=O)c2ccccc23)cc1C. The molecule has 0 amide bonds. The highest BCUT2D eigenvalue weighted by Gasteiger charge is 2.28. The zero-order valence-corrected chi connectivity index (χ0v) is 15.3. The molecular weight excluding hydrogens is 352 g/mol. The fourth-order valence-corrected chi connectivity index (χ4v) is 4.63. The van der Waals surface area contributed by atoms with Crippen molar-refractivity contribution in [3.8, 4) is 0 Å². The molecule has 0 saturated carbocycles. The van der Waals surface area contributed by atoms with Crippen molar-refractivity contribution in [1.29, 1.82) is 0 Å². The quantitative estimate of drug-likeness (QED) is 0.586. The van der Waals surface area contributed by atoms with E-state index in [-0.39, 0.29) is 15.6 Å². The second-order valence-electron chi connectivity index (χ2n) is 6.32. The number of hydrogen-bond acceptors (Lipinski definition) is 5. The topological polar surface area (TPSA) is 97.2 Å². The maximum atomic E-state index is 13.2. The molecule has 2 aromatic heterocycles. The van der Waals surface area contributed by atoms with Crippen LogP contribution in [0.2, 0.25) is 0 Å². The summed E-state index contributed by atoms with van der Waals surface area (Å²) < 4.78 is 27.8. The largest absolute Gasteiger partial charge is 0.281 e. The molecule has 0 radical (unpaired) electrons. The molecule has 0 spiro atoms. The van der Waals surface area contributed by atoms with Crippen LogP contribution in [0.1, 0.15) is 16.7 Å². The fraction of sp³-hybridized carbons (Fsp3) is 0.167. The van der Waals surface area contributed by atoms with Crippen LogP contribution in [0, 0.1) is 20.8 Å². The number of aromatic amines is 1. The average molecular weight is 368 g/mol. The van der Waals surface area contributed by atoms with Gasteiger partial charge in [-0.1, -0.05) is 18.2 Å². The molecule has 2 heterocycles. The lowest BCUT2D eigenvalue weighted by atomic mass is 10.1. The van der Waals surface area contributed by atoms with Crippen LogP contribution in [-0.2, 0) is 9.84 Å². The molecule has 0 atom stereocenters. The van der Waals surface area contributed by atoms with Gasteiger partial charge in [-0.25, -0.2) is 18.1 Å². The van der Waals surface area contributed by atoms with E-state index in [2.05, 4.69) is 15.3 Å². The van der Waals surface area contributed by atoms with Crippen molar-refractivity contribution in [2.45, 2.75) is 30.7 Å². The van der Waals surface area contributed by atoms with Gasteiger partial charge in [0.25, 0.3) is 5.56 Å². The summed E-state index contributed by atoms with van der Waals surface area (Å²) in [6.07, 6.45) is 0. The lowest BCUT2D eigenvalue weighted by Gasteiger charge is -2.09. The minimum absolute atomic E-state index is 0.00803. The minimum atomic E-state index is -3.94. The molecule has 26 heavy (non-hydrogen) atoms. The van der Waals surface area contributed by atoms with E-state index in [4.69, 9.17) is 0 Å². The number of aromatic nitrogens is 4. The Kier molecular flexibility index (Phi) is 3.48. The summed E-state index contributed by atoms with van der Waals surface area (Å²) in [6, 6.07) is 10.3. The predicted octanol–water partition coefficient (Wildman–Crippen LogP) is 2.33. The lowest BCUT2D eigenvalue weighted by molar-refractivity contribution is 0.591. The molecule has 4 rings (SSSR count). The minimum Gasteiger partial charge on any atom is -0.267 e. The number of sulfone groups is 1. The molecule has 0 unspecified atom stereocenters.